The number of rotatable bonds is 6. The largest absolute Gasteiger partial charge is 0.478 e. The van der Waals surface area contributed by atoms with Gasteiger partial charge in [-0.05, 0) is 72.1 Å². The number of nitrogens with zero attached hydrogens (tertiary/aromatic N) is 4. The van der Waals surface area contributed by atoms with Crippen LogP contribution in [0.3, 0.4) is 0 Å². The Morgan fingerprint density at radius 2 is 1.73 bits per heavy atom. The van der Waals surface area contributed by atoms with Gasteiger partial charge in [0.05, 0.1) is 34.0 Å². The first kappa shape index (κ1) is 23.7. The predicted octanol–water partition coefficient (Wildman–Crippen LogP) is 5.14. The minimum Gasteiger partial charge on any atom is -0.478 e. The molecule has 3 heterocycles. The number of nitrogens with two attached hydrogens (primary N) is 1. The molecule has 0 unspecified atom stereocenters. The van der Waals surface area contributed by atoms with Gasteiger partial charge in [0.15, 0.2) is 0 Å². The first-order chi connectivity index (χ1) is 17.8. The molecule has 0 fully saturated rings. The maximum atomic E-state index is 12.6. The third-order valence-corrected chi connectivity index (χ3v) is 6.07. The standard InChI is InChI=1S/C28H24N6O3/c1-16(2)19-9-11-22-23(14-19)34(26(32-22)21-4-3-13-30-25(21)29)20-10-12-24(31-15-20)33-27(35)17-5-7-18(8-6-17)28(36)37/h3-16H,1-2H3,(H2,29,30)(H,36,37)(H,31,33,35). The number of anilines is 2. The lowest BCUT2D eigenvalue weighted by atomic mass is 10.0. The number of hydrogen-bond acceptors (Lipinski definition) is 6. The molecule has 5 rings (SSSR count). The van der Waals surface area contributed by atoms with Crippen molar-refractivity contribution in [1.82, 2.24) is 19.5 Å². The molecule has 184 valence electrons. The molecule has 0 radical (unpaired) electrons. The molecule has 0 atom stereocenters. The van der Waals surface area contributed by atoms with Crippen LogP contribution in [0.25, 0.3) is 28.1 Å². The van der Waals surface area contributed by atoms with Gasteiger partial charge in [-0.15, -0.1) is 0 Å². The second kappa shape index (κ2) is 9.54. The van der Waals surface area contributed by atoms with Crippen molar-refractivity contribution in [3.8, 4) is 17.1 Å². The maximum Gasteiger partial charge on any atom is 0.335 e. The highest BCUT2D eigenvalue weighted by Crippen LogP contribution is 2.32. The highest BCUT2D eigenvalue weighted by atomic mass is 16.4. The third kappa shape index (κ3) is 4.62. The zero-order valence-electron chi connectivity index (χ0n) is 20.2. The van der Waals surface area contributed by atoms with E-state index in [0.717, 1.165) is 16.7 Å². The van der Waals surface area contributed by atoms with E-state index in [1.54, 1.807) is 18.5 Å². The number of imidazole rings is 1. The summed E-state index contributed by atoms with van der Waals surface area (Å²) in [6.07, 6.45) is 3.29. The van der Waals surface area contributed by atoms with Crippen molar-refractivity contribution in [3.05, 3.63) is 95.8 Å². The van der Waals surface area contributed by atoms with Crippen molar-refractivity contribution in [1.29, 1.82) is 0 Å². The van der Waals surface area contributed by atoms with Crippen LogP contribution in [0.4, 0.5) is 11.6 Å². The highest BCUT2D eigenvalue weighted by Gasteiger charge is 2.18. The zero-order valence-corrected chi connectivity index (χ0v) is 20.2. The average molecular weight is 493 g/mol. The van der Waals surface area contributed by atoms with E-state index in [4.69, 9.17) is 15.8 Å². The number of carboxylic acids is 1. The summed E-state index contributed by atoms with van der Waals surface area (Å²) in [6.45, 7) is 4.27. The van der Waals surface area contributed by atoms with E-state index in [0.29, 0.717) is 34.5 Å². The summed E-state index contributed by atoms with van der Waals surface area (Å²) in [7, 11) is 0. The molecule has 0 bridgehead atoms. The van der Waals surface area contributed by atoms with Crippen LogP contribution in [-0.2, 0) is 0 Å². The number of amides is 1. The van der Waals surface area contributed by atoms with Crippen LogP contribution in [-0.4, -0.2) is 36.5 Å². The van der Waals surface area contributed by atoms with Gasteiger partial charge in [-0.25, -0.2) is 19.7 Å². The highest BCUT2D eigenvalue weighted by molar-refractivity contribution is 6.04. The van der Waals surface area contributed by atoms with Crippen molar-refractivity contribution < 1.29 is 14.7 Å². The van der Waals surface area contributed by atoms with E-state index in [9.17, 15) is 9.59 Å². The molecule has 37 heavy (non-hydrogen) atoms. The number of aromatic carboxylic acids is 1. The lowest BCUT2D eigenvalue weighted by Crippen LogP contribution is -2.13. The summed E-state index contributed by atoms with van der Waals surface area (Å²) in [5.41, 5.74) is 11.0. The Labute approximate surface area is 212 Å². The Balaban J connectivity index is 1.52. The monoisotopic (exact) mass is 492 g/mol. The first-order valence-corrected chi connectivity index (χ1v) is 11.7. The van der Waals surface area contributed by atoms with Gasteiger partial charge in [0.2, 0.25) is 0 Å². The number of fused-ring (bicyclic) bond motifs is 1. The number of benzene rings is 2. The van der Waals surface area contributed by atoms with Crippen LogP contribution in [0.1, 0.15) is 46.0 Å². The summed E-state index contributed by atoms with van der Waals surface area (Å²) >= 11 is 0. The Kier molecular flexibility index (Phi) is 6.10. The van der Waals surface area contributed by atoms with Gasteiger partial charge >= 0.3 is 5.97 Å². The molecule has 2 aromatic carbocycles. The van der Waals surface area contributed by atoms with Gasteiger partial charge in [0.25, 0.3) is 5.91 Å². The first-order valence-electron chi connectivity index (χ1n) is 11.7. The SMILES string of the molecule is CC(C)c1ccc2nc(-c3cccnc3N)n(-c3ccc(NC(=O)c4ccc(C(=O)O)cc4)nc3)c2c1. The number of pyridine rings is 2. The molecule has 5 aromatic rings. The number of aromatic nitrogens is 4. The number of carbonyl (C=O) groups is 2. The molecule has 0 aliphatic carbocycles. The van der Waals surface area contributed by atoms with Crippen molar-refractivity contribution in [2.45, 2.75) is 19.8 Å². The van der Waals surface area contributed by atoms with Crippen LogP contribution in [0.15, 0.2) is 79.1 Å². The van der Waals surface area contributed by atoms with E-state index in [-0.39, 0.29) is 5.56 Å². The molecular weight excluding hydrogens is 468 g/mol. The maximum absolute atomic E-state index is 12.6. The normalized spacial score (nSPS) is 11.1. The summed E-state index contributed by atoms with van der Waals surface area (Å²) in [5.74, 6) is 0.248. The van der Waals surface area contributed by atoms with Crippen molar-refractivity contribution >= 4 is 34.5 Å². The van der Waals surface area contributed by atoms with Gasteiger partial charge in [0, 0.05) is 11.8 Å². The lowest BCUT2D eigenvalue weighted by Gasteiger charge is -2.12. The predicted molar refractivity (Wildman–Crippen MR) is 142 cm³/mol. The summed E-state index contributed by atoms with van der Waals surface area (Å²) in [5, 5.41) is 11.8. The molecule has 1 amide bonds. The molecule has 4 N–H and O–H groups in total. The minimum absolute atomic E-state index is 0.109. The van der Waals surface area contributed by atoms with Gasteiger partial charge < -0.3 is 16.2 Å². The van der Waals surface area contributed by atoms with Crippen LogP contribution in [0, 0.1) is 0 Å². The second-order valence-corrected chi connectivity index (χ2v) is 8.85. The average Bonchev–Trinajstić information content (AvgIpc) is 3.28. The fourth-order valence-corrected chi connectivity index (χ4v) is 4.04. The van der Waals surface area contributed by atoms with E-state index in [2.05, 4.69) is 41.3 Å². The Morgan fingerprint density at radius 1 is 0.973 bits per heavy atom. The Morgan fingerprint density at radius 3 is 2.38 bits per heavy atom. The Hall–Kier alpha value is -5.05. The molecule has 0 spiro atoms. The van der Waals surface area contributed by atoms with Gasteiger partial charge in [-0.2, -0.15) is 0 Å². The number of carbonyl (C=O) groups excluding carboxylic acids is 1. The van der Waals surface area contributed by atoms with Gasteiger partial charge in [0.1, 0.15) is 17.5 Å². The molecule has 3 aromatic heterocycles. The molecule has 9 heteroatoms. The van der Waals surface area contributed by atoms with Crippen molar-refractivity contribution in [2.24, 2.45) is 0 Å². The van der Waals surface area contributed by atoms with Gasteiger partial charge in [-0.1, -0.05) is 19.9 Å². The molecule has 0 saturated heterocycles. The summed E-state index contributed by atoms with van der Waals surface area (Å²) in [4.78, 5) is 37.2. The third-order valence-electron chi connectivity index (χ3n) is 6.07. The van der Waals surface area contributed by atoms with Crippen molar-refractivity contribution in [2.75, 3.05) is 11.1 Å². The fourth-order valence-electron chi connectivity index (χ4n) is 4.04. The van der Waals surface area contributed by atoms with E-state index < -0.39 is 11.9 Å². The molecular formula is C28H24N6O3. The van der Waals surface area contributed by atoms with Crippen LogP contribution in [0.2, 0.25) is 0 Å². The number of nitrogen functional groups attached to an aromatic ring is 1. The van der Waals surface area contributed by atoms with Crippen LogP contribution >= 0.6 is 0 Å². The number of nitrogens with one attached hydrogen (secondary N) is 1. The summed E-state index contributed by atoms with van der Waals surface area (Å²) < 4.78 is 1.98. The van der Waals surface area contributed by atoms with Gasteiger partial charge in [-0.3, -0.25) is 9.36 Å². The number of carboxylic acid groups (broad SMARTS) is 1. The quantitative estimate of drug-likeness (QED) is 0.299. The van der Waals surface area contributed by atoms with Crippen LogP contribution < -0.4 is 11.1 Å². The fraction of sp³-hybridized carbons (Fsp3) is 0.107. The van der Waals surface area contributed by atoms with E-state index >= 15 is 0 Å². The second-order valence-electron chi connectivity index (χ2n) is 8.85. The topological polar surface area (TPSA) is 136 Å². The zero-order chi connectivity index (χ0) is 26.1. The molecule has 0 saturated carbocycles. The Bertz CT molecular complexity index is 1620. The number of hydrogen-bond donors (Lipinski definition) is 3. The lowest BCUT2D eigenvalue weighted by molar-refractivity contribution is 0.0696. The minimum atomic E-state index is -1.05. The van der Waals surface area contributed by atoms with Crippen LogP contribution in [0.5, 0.6) is 0 Å². The smallest absolute Gasteiger partial charge is 0.335 e. The van der Waals surface area contributed by atoms with E-state index in [1.807, 2.05) is 28.8 Å². The molecule has 0 aliphatic heterocycles. The molecule has 9 nitrogen and oxygen atoms in total. The summed E-state index contributed by atoms with van der Waals surface area (Å²) in [6, 6.07) is 19.1. The van der Waals surface area contributed by atoms with Crippen molar-refractivity contribution in [3.63, 3.8) is 0 Å². The van der Waals surface area contributed by atoms with E-state index in [1.165, 1.54) is 29.8 Å². The molecule has 0 aliphatic rings.